The smallest absolute Gasteiger partial charge is 0.314 e. The fourth-order valence-electron chi connectivity index (χ4n) is 2.32. The molecule has 0 fully saturated rings. The predicted molar refractivity (Wildman–Crippen MR) is 89.1 cm³/mol. The van der Waals surface area contributed by atoms with Crippen molar-refractivity contribution in [3.8, 4) is 0 Å². The summed E-state index contributed by atoms with van der Waals surface area (Å²) in [6.45, 7) is 3.86. The molecule has 0 aliphatic carbocycles. The summed E-state index contributed by atoms with van der Waals surface area (Å²) in [4.78, 5) is 40.0. The topological polar surface area (TPSA) is 94.8 Å². The van der Waals surface area contributed by atoms with E-state index < -0.39 is 11.1 Å². The molecule has 0 spiro atoms. The Morgan fingerprint density at radius 1 is 0.913 bits per heavy atom. The summed E-state index contributed by atoms with van der Waals surface area (Å²) in [7, 11) is 0. The van der Waals surface area contributed by atoms with Crippen LogP contribution in [0.5, 0.6) is 0 Å². The Balaban J connectivity index is 1.97. The highest BCUT2D eigenvalue weighted by Crippen LogP contribution is 2.18. The number of benzene rings is 2. The molecule has 3 aromatic rings. The summed E-state index contributed by atoms with van der Waals surface area (Å²) in [6.07, 6.45) is 0. The van der Waals surface area contributed by atoms with Gasteiger partial charge in [0.15, 0.2) is 0 Å². The first kappa shape index (κ1) is 14.8. The van der Waals surface area contributed by atoms with Gasteiger partial charge in [0.25, 0.3) is 5.91 Å². The van der Waals surface area contributed by atoms with Crippen LogP contribution in [0.3, 0.4) is 0 Å². The van der Waals surface area contributed by atoms with Gasteiger partial charge in [-0.2, -0.15) is 0 Å². The van der Waals surface area contributed by atoms with Crippen molar-refractivity contribution in [2.45, 2.75) is 13.8 Å². The van der Waals surface area contributed by atoms with Crippen molar-refractivity contribution in [1.82, 2.24) is 9.97 Å². The molecule has 0 aliphatic rings. The van der Waals surface area contributed by atoms with Crippen LogP contribution in [0.15, 0.2) is 46.0 Å². The van der Waals surface area contributed by atoms with Crippen LogP contribution in [0, 0.1) is 13.8 Å². The molecule has 23 heavy (non-hydrogen) atoms. The van der Waals surface area contributed by atoms with Crippen molar-refractivity contribution in [3.63, 3.8) is 0 Å². The second-order valence-corrected chi connectivity index (χ2v) is 5.44. The lowest BCUT2D eigenvalue weighted by Gasteiger charge is -2.10. The second kappa shape index (κ2) is 5.57. The molecule has 0 bridgehead atoms. The Morgan fingerprint density at radius 2 is 1.61 bits per heavy atom. The van der Waals surface area contributed by atoms with Crippen molar-refractivity contribution in [2.24, 2.45) is 0 Å². The molecule has 0 saturated heterocycles. The van der Waals surface area contributed by atoms with Gasteiger partial charge >= 0.3 is 11.1 Å². The predicted octanol–water partition coefficient (Wildman–Crippen LogP) is 2.09. The lowest BCUT2D eigenvalue weighted by molar-refractivity contribution is 0.102. The molecule has 1 heterocycles. The standard InChI is InChI=1S/C17H15N3O3/c1-9-3-4-10(2)13(7-9)19-15(21)11-5-6-12-14(8-11)20-17(23)16(22)18-12/h3-8H,1-2H3,(H,18,22)(H,19,21)(H,20,23). The zero-order valence-electron chi connectivity index (χ0n) is 12.7. The molecular weight excluding hydrogens is 294 g/mol. The van der Waals surface area contributed by atoms with Gasteiger partial charge in [0.2, 0.25) is 0 Å². The van der Waals surface area contributed by atoms with Crippen LogP contribution in [-0.4, -0.2) is 15.9 Å². The summed E-state index contributed by atoms with van der Waals surface area (Å²) >= 11 is 0. The quantitative estimate of drug-likeness (QED) is 0.633. The maximum Gasteiger partial charge on any atom is 0.314 e. The molecule has 1 aromatic heterocycles. The molecule has 3 rings (SSSR count). The molecular formula is C17H15N3O3. The number of aromatic nitrogens is 2. The maximum atomic E-state index is 12.4. The molecule has 3 N–H and O–H groups in total. The lowest BCUT2D eigenvalue weighted by Crippen LogP contribution is -2.29. The minimum Gasteiger partial charge on any atom is -0.322 e. The average Bonchev–Trinajstić information content (AvgIpc) is 2.51. The number of carbonyl (C=O) groups is 1. The van der Waals surface area contributed by atoms with Crippen LogP contribution < -0.4 is 16.4 Å². The number of H-pyrrole nitrogens is 2. The second-order valence-electron chi connectivity index (χ2n) is 5.44. The Bertz CT molecular complexity index is 1030. The summed E-state index contributed by atoms with van der Waals surface area (Å²) in [5.41, 5.74) is 2.55. The number of hydrogen-bond acceptors (Lipinski definition) is 3. The van der Waals surface area contributed by atoms with E-state index in [1.165, 1.54) is 6.07 Å². The molecule has 0 aliphatic heterocycles. The normalized spacial score (nSPS) is 10.7. The molecule has 2 aromatic carbocycles. The van der Waals surface area contributed by atoms with Crippen LogP contribution >= 0.6 is 0 Å². The highest BCUT2D eigenvalue weighted by Gasteiger charge is 2.10. The Morgan fingerprint density at radius 3 is 2.35 bits per heavy atom. The Kier molecular flexibility index (Phi) is 3.57. The van der Waals surface area contributed by atoms with Crippen molar-refractivity contribution < 1.29 is 4.79 Å². The van der Waals surface area contributed by atoms with E-state index in [0.717, 1.165) is 16.8 Å². The van der Waals surface area contributed by atoms with Gasteiger partial charge in [-0.1, -0.05) is 12.1 Å². The van der Waals surface area contributed by atoms with E-state index >= 15 is 0 Å². The number of aryl methyl sites for hydroxylation is 2. The molecule has 0 unspecified atom stereocenters. The van der Waals surface area contributed by atoms with Gasteiger partial charge in [0, 0.05) is 11.3 Å². The van der Waals surface area contributed by atoms with Crippen LogP contribution in [0.2, 0.25) is 0 Å². The fraction of sp³-hybridized carbons (Fsp3) is 0.118. The van der Waals surface area contributed by atoms with E-state index in [1.807, 2.05) is 32.0 Å². The van der Waals surface area contributed by atoms with E-state index in [2.05, 4.69) is 15.3 Å². The van der Waals surface area contributed by atoms with Gasteiger partial charge in [-0.25, -0.2) is 0 Å². The monoisotopic (exact) mass is 309 g/mol. The first-order valence-electron chi connectivity index (χ1n) is 7.09. The Hall–Kier alpha value is -3.15. The highest BCUT2D eigenvalue weighted by atomic mass is 16.2. The number of aromatic amines is 2. The van der Waals surface area contributed by atoms with Gasteiger partial charge in [-0.15, -0.1) is 0 Å². The molecule has 0 radical (unpaired) electrons. The molecule has 116 valence electrons. The van der Waals surface area contributed by atoms with E-state index in [1.54, 1.807) is 12.1 Å². The van der Waals surface area contributed by atoms with Crippen LogP contribution in [0.25, 0.3) is 11.0 Å². The number of hydrogen-bond donors (Lipinski definition) is 3. The molecule has 0 atom stereocenters. The minimum absolute atomic E-state index is 0.285. The van der Waals surface area contributed by atoms with E-state index in [4.69, 9.17) is 0 Å². The zero-order valence-corrected chi connectivity index (χ0v) is 12.7. The van der Waals surface area contributed by atoms with Crippen LogP contribution in [0.1, 0.15) is 21.5 Å². The van der Waals surface area contributed by atoms with Crippen molar-refractivity contribution >= 4 is 22.6 Å². The number of nitrogens with one attached hydrogen (secondary N) is 3. The molecule has 1 amide bonds. The van der Waals surface area contributed by atoms with Crippen LogP contribution in [0.4, 0.5) is 5.69 Å². The summed E-state index contributed by atoms with van der Waals surface area (Å²) in [5, 5.41) is 2.86. The van der Waals surface area contributed by atoms with Gasteiger partial charge in [-0.05, 0) is 49.2 Å². The average molecular weight is 309 g/mol. The number of fused-ring (bicyclic) bond motifs is 1. The van der Waals surface area contributed by atoms with Crippen molar-refractivity contribution in [3.05, 3.63) is 73.8 Å². The summed E-state index contributed by atoms with van der Waals surface area (Å²) < 4.78 is 0. The first-order valence-corrected chi connectivity index (χ1v) is 7.09. The highest BCUT2D eigenvalue weighted by molar-refractivity contribution is 6.06. The third-order valence-corrected chi connectivity index (χ3v) is 3.63. The fourth-order valence-corrected chi connectivity index (χ4v) is 2.32. The Labute approximate surface area is 131 Å². The largest absolute Gasteiger partial charge is 0.322 e. The number of anilines is 1. The number of rotatable bonds is 2. The number of amides is 1. The van der Waals surface area contributed by atoms with Gasteiger partial charge < -0.3 is 15.3 Å². The zero-order chi connectivity index (χ0) is 16.6. The van der Waals surface area contributed by atoms with E-state index in [0.29, 0.717) is 16.6 Å². The van der Waals surface area contributed by atoms with E-state index in [9.17, 15) is 14.4 Å². The number of carbonyl (C=O) groups excluding carboxylic acids is 1. The molecule has 0 saturated carbocycles. The van der Waals surface area contributed by atoms with Crippen LogP contribution in [-0.2, 0) is 0 Å². The maximum absolute atomic E-state index is 12.4. The molecule has 6 heteroatoms. The summed E-state index contributed by atoms with van der Waals surface area (Å²) in [5.74, 6) is -0.285. The first-order chi connectivity index (χ1) is 10.9. The lowest BCUT2D eigenvalue weighted by atomic mass is 10.1. The van der Waals surface area contributed by atoms with Gasteiger partial charge in [0.1, 0.15) is 0 Å². The molecule has 6 nitrogen and oxygen atoms in total. The van der Waals surface area contributed by atoms with Gasteiger partial charge in [0.05, 0.1) is 11.0 Å². The van der Waals surface area contributed by atoms with Gasteiger partial charge in [-0.3, -0.25) is 14.4 Å². The third-order valence-electron chi connectivity index (χ3n) is 3.63. The van der Waals surface area contributed by atoms with Crippen molar-refractivity contribution in [1.29, 1.82) is 0 Å². The summed E-state index contributed by atoms with van der Waals surface area (Å²) in [6, 6.07) is 10.5. The minimum atomic E-state index is -0.746. The van der Waals surface area contributed by atoms with Crippen molar-refractivity contribution in [2.75, 3.05) is 5.32 Å². The third kappa shape index (κ3) is 2.91. The SMILES string of the molecule is Cc1ccc(C)c(NC(=O)c2ccc3[nH]c(=O)c(=O)[nH]c3c2)c1. The van der Waals surface area contributed by atoms with E-state index in [-0.39, 0.29) is 5.91 Å².